The molecular weight excluding hydrogens is 250 g/mol. The quantitative estimate of drug-likeness (QED) is 0.705. The molecule has 1 N–H and O–H groups in total. The first kappa shape index (κ1) is 16.3. The lowest BCUT2D eigenvalue weighted by molar-refractivity contribution is -0.00180. The number of rotatable bonds is 9. The summed E-state index contributed by atoms with van der Waals surface area (Å²) < 4.78 is 11.9. The lowest BCUT2D eigenvalue weighted by Gasteiger charge is -2.35. The van der Waals surface area contributed by atoms with E-state index in [-0.39, 0.29) is 0 Å². The molecule has 2 aliphatic rings. The molecule has 2 rings (SSSR count). The summed E-state index contributed by atoms with van der Waals surface area (Å²) in [4.78, 5) is 0. The summed E-state index contributed by atoms with van der Waals surface area (Å²) in [5.41, 5.74) is 0.310. The average molecular weight is 283 g/mol. The van der Waals surface area contributed by atoms with E-state index in [0.717, 1.165) is 38.6 Å². The minimum absolute atomic E-state index is 0.310. The van der Waals surface area contributed by atoms with E-state index in [1.54, 1.807) is 0 Å². The number of hydrogen-bond acceptors (Lipinski definition) is 3. The highest BCUT2D eigenvalue weighted by molar-refractivity contribution is 5.00. The highest BCUT2D eigenvalue weighted by atomic mass is 16.5. The Morgan fingerprint density at radius 1 is 1.25 bits per heavy atom. The van der Waals surface area contributed by atoms with Crippen LogP contribution in [-0.2, 0) is 9.47 Å². The van der Waals surface area contributed by atoms with Crippen LogP contribution in [0.2, 0.25) is 0 Å². The zero-order chi connectivity index (χ0) is 14.6. The molecule has 3 nitrogen and oxygen atoms in total. The number of ether oxygens (including phenoxy) is 2. The van der Waals surface area contributed by atoms with Crippen LogP contribution in [0.1, 0.15) is 53.4 Å². The normalized spacial score (nSPS) is 30.6. The molecule has 1 heterocycles. The van der Waals surface area contributed by atoms with Gasteiger partial charge in [-0.05, 0) is 57.9 Å². The fourth-order valence-electron chi connectivity index (χ4n) is 3.40. The molecule has 1 aliphatic carbocycles. The molecule has 1 saturated carbocycles. The molecule has 1 aliphatic heterocycles. The largest absolute Gasteiger partial charge is 0.379 e. The van der Waals surface area contributed by atoms with E-state index in [1.165, 1.54) is 19.3 Å². The van der Waals surface area contributed by atoms with Crippen LogP contribution in [0.4, 0.5) is 0 Å². The molecule has 2 unspecified atom stereocenters. The second kappa shape index (κ2) is 7.24. The Bertz CT molecular complexity index is 273. The fraction of sp³-hybridized carbons (Fsp3) is 1.00. The first-order valence-electron chi connectivity index (χ1n) is 8.47. The SMILES string of the molecule is CC(C)CNCC1(CCOC(C)C)CCOC1C1CC1. The summed E-state index contributed by atoms with van der Waals surface area (Å²) in [5, 5.41) is 3.68. The molecule has 0 aromatic heterocycles. The molecule has 2 atom stereocenters. The second-order valence-corrected chi connectivity index (χ2v) is 7.44. The summed E-state index contributed by atoms with van der Waals surface area (Å²) in [5.74, 6) is 1.53. The Balaban J connectivity index is 1.90. The molecule has 2 fully saturated rings. The van der Waals surface area contributed by atoms with Gasteiger partial charge in [-0.25, -0.2) is 0 Å². The van der Waals surface area contributed by atoms with Crippen LogP contribution in [0.5, 0.6) is 0 Å². The van der Waals surface area contributed by atoms with Crippen molar-refractivity contribution in [3.05, 3.63) is 0 Å². The summed E-state index contributed by atoms with van der Waals surface area (Å²) in [6.45, 7) is 12.8. The first-order chi connectivity index (χ1) is 9.53. The minimum atomic E-state index is 0.310. The Kier molecular flexibility index (Phi) is 5.88. The van der Waals surface area contributed by atoms with Gasteiger partial charge in [0.1, 0.15) is 0 Å². The maximum Gasteiger partial charge on any atom is 0.0673 e. The van der Waals surface area contributed by atoms with Crippen molar-refractivity contribution in [3.8, 4) is 0 Å². The topological polar surface area (TPSA) is 30.5 Å². The molecule has 0 bridgehead atoms. The molecule has 1 saturated heterocycles. The highest BCUT2D eigenvalue weighted by Gasteiger charge is 2.50. The summed E-state index contributed by atoms with van der Waals surface area (Å²) in [6, 6.07) is 0. The van der Waals surface area contributed by atoms with Gasteiger partial charge in [0, 0.05) is 25.2 Å². The van der Waals surface area contributed by atoms with Crippen molar-refractivity contribution in [2.24, 2.45) is 17.3 Å². The molecule has 20 heavy (non-hydrogen) atoms. The van der Waals surface area contributed by atoms with Crippen LogP contribution < -0.4 is 5.32 Å². The second-order valence-electron chi connectivity index (χ2n) is 7.44. The van der Waals surface area contributed by atoms with Crippen molar-refractivity contribution < 1.29 is 9.47 Å². The molecule has 0 aromatic rings. The molecule has 0 radical (unpaired) electrons. The Hall–Kier alpha value is -0.120. The van der Waals surface area contributed by atoms with Crippen molar-refractivity contribution >= 4 is 0 Å². The van der Waals surface area contributed by atoms with Crippen LogP contribution in [-0.4, -0.2) is 38.5 Å². The molecule has 0 aromatic carbocycles. The molecule has 0 spiro atoms. The van der Waals surface area contributed by atoms with Crippen molar-refractivity contribution in [1.29, 1.82) is 0 Å². The minimum Gasteiger partial charge on any atom is -0.379 e. The zero-order valence-corrected chi connectivity index (χ0v) is 13.8. The van der Waals surface area contributed by atoms with Gasteiger partial charge in [0.2, 0.25) is 0 Å². The van der Waals surface area contributed by atoms with Crippen molar-refractivity contribution in [2.45, 2.75) is 65.6 Å². The fourth-order valence-corrected chi connectivity index (χ4v) is 3.40. The van der Waals surface area contributed by atoms with Gasteiger partial charge in [-0.1, -0.05) is 13.8 Å². The Morgan fingerprint density at radius 2 is 2.00 bits per heavy atom. The van der Waals surface area contributed by atoms with Gasteiger partial charge >= 0.3 is 0 Å². The molecule has 118 valence electrons. The highest BCUT2D eigenvalue weighted by Crippen LogP contribution is 2.49. The van der Waals surface area contributed by atoms with E-state index in [1.807, 2.05) is 0 Å². The van der Waals surface area contributed by atoms with Gasteiger partial charge in [-0.15, -0.1) is 0 Å². The van der Waals surface area contributed by atoms with Gasteiger partial charge in [-0.3, -0.25) is 0 Å². The van der Waals surface area contributed by atoms with E-state index in [0.29, 0.717) is 23.5 Å². The maximum atomic E-state index is 6.11. The van der Waals surface area contributed by atoms with Gasteiger partial charge < -0.3 is 14.8 Å². The molecule has 0 amide bonds. The van der Waals surface area contributed by atoms with Crippen LogP contribution in [0.3, 0.4) is 0 Å². The average Bonchev–Trinajstić information content (AvgIpc) is 3.11. The van der Waals surface area contributed by atoms with Crippen molar-refractivity contribution in [1.82, 2.24) is 5.32 Å². The number of nitrogens with one attached hydrogen (secondary N) is 1. The molecular formula is C17H33NO2. The predicted octanol–water partition coefficient (Wildman–Crippen LogP) is 3.23. The summed E-state index contributed by atoms with van der Waals surface area (Å²) in [7, 11) is 0. The standard InChI is InChI=1S/C17H33NO2/c1-13(2)11-18-12-17(7-9-19-14(3)4)8-10-20-16(17)15-5-6-15/h13-16,18H,5-12H2,1-4H3. The van der Waals surface area contributed by atoms with Crippen molar-refractivity contribution in [3.63, 3.8) is 0 Å². The van der Waals surface area contributed by atoms with Crippen LogP contribution >= 0.6 is 0 Å². The smallest absolute Gasteiger partial charge is 0.0673 e. The van der Waals surface area contributed by atoms with Crippen LogP contribution in [0, 0.1) is 17.3 Å². The lowest BCUT2D eigenvalue weighted by atomic mass is 9.76. The summed E-state index contributed by atoms with van der Waals surface area (Å²) >= 11 is 0. The summed E-state index contributed by atoms with van der Waals surface area (Å²) in [6.07, 6.45) is 5.86. The maximum absolute atomic E-state index is 6.11. The van der Waals surface area contributed by atoms with Gasteiger partial charge in [0.05, 0.1) is 12.2 Å². The van der Waals surface area contributed by atoms with Gasteiger partial charge in [0.25, 0.3) is 0 Å². The van der Waals surface area contributed by atoms with Crippen LogP contribution in [0.15, 0.2) is 0 Å². The third-order valence-electron chi connectivity index (χ3n) is 4.63. The number of hydrogen-bond donors (Lipinski definition) is 1. The van der Waals surface area contributed by atoms with E-state index in [4.69, 9.17) is 9.47 Å². The van der Waals surface area contributed by atoms with Gasteiger partial charge in [0.15, 0.2) is 0 Å². The van der Waals surface area contributed by atoms with Crippen LogP contribution in [0.25, 0.3) is 0 Å². The third-order valence-corrected chi connectivity index (χ3v) is 4.63. The van der Waals surface area contributed by atoms with Crippen molar-refractivity contribution in [2.75, 3.05) is 26.3 Å². The van der Waals surface area contributed by atoms with Gasteiger partial charge in [-0.2, -0.15) is 0 Å². The first-order valence-corrected chi connectivity index (χ1v) is 8.47. The third kappa shape index (κ3) is 4.44. The predicted molar refractivity (Wildman–Crippen MR) is 82.9 cm³/mol. The lowest BCUT2D eigenvalue weighted by Crippen LogP contribution is -2.43. The zero-order valence-electron chi connectivity index (χ0n) is 13.8. The monoisotopic (exact) mass is 283 g/mol. The van der Waals surface area contributed by atoms with E-state index in [2.05, 4.69) is 33.0 Å². The Morgan fingerprint density at radius 3 is 2.60 bits per heavy atom. The van der Waals surface area contributed by atoms with E-state index >= 15 is 0 Å². The molecule has 3 heteroatoms. The Labute approximate surface area is 124 Å². The van der Waals surface area contributed by atoms with E-state index < -0.39 is 0 Å². The van der Waals surface area contributed by atoms with E-state index in [9.17, 15) is 0 Å².